The number of carbonyl (C=O) groups is 2. The van der Waals surface area contributed by atoms with Gasteiger partial charge in [0.2, 0.25) is 0 Å². The Morgan fingerprint density at radius 1 is 1.08 bits per heavy atom. The fourth-order valence-electron chi connectivity index (χ4n) is 3.30. The monoisotopic (exact) mass is 355 g/mol. The number of carboxylic acid groups (broad SMARTS) is 1. The number of hydrogen-bond donors (Lipinski definition) is 3. The van der Waals surface area contributed by atoms with Gasteiger partial charge in [0.25, 0.3) is 0 Å². The van der Waals surface area contributed by atoms with Gasteiger partial charge in [-0.2, -0.15) is 0 Å². The number of benzene rings is 2. The summed E-state index contributed by atoms with van der Waals surface area (Å²) in [5.41, 5.74) is 2.74. The van der Waals surface area contributed by atoms with Gasteiger partial charge in [-0.15, -0.1) is 0 Å². The summed E-state index contributed by atoms with van der Waals surface area (Å²) < 4.78 is 5.29. The number of carboxylic acids is 1. The molecule has 2 aromatic carbocycles. The number of aliphatic carboxylic acids is 1. The van der Waals surface area contributed by atoms with Crippen LogP contribution in [0, 0.1) is 0 Å². The number of fused-ring (bicyclic) bond motifs is 3. The Labute approximate surface area is 151 Å². The first-order valence-corrected chi connectivity index (χ1v) is 8.35. The molecule has 2 aromatic rings. The minimum atomic E-state index is -1.61. The first kappa shape index (κ1) is 17.9. The zero-order valence-corrected chi connectivity index (χ0v) is 14.6. The number of carbonyl (C=O) groups excluding carboxylic acids is 1. The SMILES string of the molecule is CC(C)(O)[C@H](NC(=O)OCC1c2ccccc2-c2ccccc21)C(=O)O. The normalized spacial score (nSPS) is 14.3. The van der Waals surface area contributed by atoms with Gasteiger partial charge in [-0.25, -0.2) is 9.59 Å². The molecule has 0 aromatic heterocycles. The third-order valence-corrected chi connectivity index (χ3v) is 4.56. The molecule has 26 heavy (non-hydrogen) atoms. The molecule has 6 heteroatoms. The molecule has 3 N–H and O–H groups in total. The van der Waals surface area contributed by atoms with Crippen molar-refractivity contribution in [2.75, 3.05) is 6.61 Å². The maximum absolute atomic E-state index is 12.1. The van der Waals surface area contributed by atoms with E-state index in [4.69, 9.17) is 9.84 Å². The summed E-state index contributed by atoms with van der Waals surface area (Å²) in [6, 6.07) is 14.4. The highest BCUT2D eigenvalue weighted by molar-refractivity contribution is 5.81. The van der Waals surface area contributed by atoms with Crippen LogP contribution in [0.2, 0.25) is 0 Å². The lowest BCUT2D eigenvalue weighted by Gasteiger charge is -2.26. The Morgan fingerprint density at radius 2 is 1.58 bits per heavy atom. The lowest BCUT2D eigenvalue weighted by Crippen LogP contribution is -2.54. The van der Waals surface area contributed by atoms with Crippen molar-refractivity contribution in [3.05, 3.63) is 59.7 Å². The highest BCUT2D eigenvalue weighted by Gasteiger charge is 2.36. The molecule has 0 heterocycles. The average molecular weight is 355 g/mol. The molecule has 6 nitrogen and oxygen atoms in total. The van der Waals surface area contributed by atoms with E-state index in [2.05, 4.69) is 5.32 Å². The van der Waals surface area contributed by atoms with Gasteiger partial charge in [-0.05, 0) is 36.1 Å². The van der Waals surface area contributed by atoms with E-state index in [1.54, 1.807) is 0 Å². The van der Waals surface area contributed by atoms with Crippen LogP contribution in [-0.2, 0) is 9.53 Å². The van der Waals surface area contributed by atoms with Gasteiger partial charge in [-0.1, -0.05) is 48.5 Å². The third-order valence-electron chi connectivity index (χ3n) is 4.56. The summed E-state index contributed by atoms with van der Waals surface area (Å²) in [4.78, 5) is 23.3. The quantitative estimate of drug-likeness (QED) is 0.766. The van der Waals surface area contributed by atoms with Crippen LogP contribution >= 0.6 is 0 Å². The third kappa shape index (κ3) is 3.41. The van der Waals surface area contributed by atoms with Crippen LogP contribution in [0.3, 0.4) is 0 Å². The molecule has 0 saturated carbocycles. The Kier molecular flexibility index (Phi) is 4.70. The van der Waals surface area contributed by atoms with Crippen LogP contribution in [0.15, 0.2) is 48.5 Å². The number of rotatable bonds is 5. The predicted molar refractivity (Wildman–Crippen MR) is 95.9 cm³/mol. The van der Waals surface area contributed by atoms with Crippen molar-refractivity contribution in [2.45, 2.75) is 31.4 Å². The van der Waals surface area contributed by atoms with Crippen LogP contribution in [0.4, 0.5) is 4.79 Å². The Bertz CT molecular complexity index is 795. The van der Waals surface area contributed by atoms with Crippen LogP contribution in [0.5, 0.6) is 0 Å². The standard InChI is InChI=1S/C20H21NO5/c1-20(2,25)17(18(22)23)21-19(24)26-11-16-14-9-5-3-7-12(14)13-8-4-6-10-15(13)16/h3-10,16-17,25H,11H2,1-2H3,(H,21,24)(H,22,23)/t17-/m1/s1. The first-order chi connectivity index (χ1) is 12.3. The molecule has 0 spiro atoms. The molecule has 0 saturated heterocycles. The lowest BCUT2D eigenvalue weighted by atomic mass is 9.98. The van der Waals surface area contributed by atoms with Crippen molar-refractivity contribution in [3.63, 3.8) is 0 Å². The van der Waals surface area contributed by atoms with E-state index in [0.29, 0.717) is 0 Å². The summed E-state index contributed by atoms with van der Waals surface area (Å²) >= 11 is 0. The highest BCUT2D eigenvalue weighted by Crippen LogP contribution is 2.44. The van der Waals surface area contributed by atoms with Crippen molar-refractivity contribution in [2.24, 2.45) is 0 Å². The van der Waals surface area contributed by atoms with Crippen LogP contribution in [0.1, 0.15) is 30.9 Å². The van der Waals surface area contributed by atoms with E-state index in [1.165, 1.54) is 13.8 Å². The second kappa shape index (κ2) is 6.80. The summed E-state index contributed by atoms with van der Waals surface area (Å²) in [7, 11) is 0. The number of alkyl carbamates (subject to hydrolysis) is 1. The molecule has 1 aliphatic carbocycles. The minimum absolute atomic E-state index is 0.0814. The second-order valence-corrected chi connectivity index (χ2v) is 6.89. The van der Waals surface area contributed by atoms with Gasteiger partial charge in [-0.3, -0.25) is 0 Å². The van der Waals surface area contributed by atoms with Crippen molar-refractivity contribution in [1.82, 2.24) is 5.32 Å². The highest BCUT2D eigenvalue weighted by atomic mass is 16.5. The predicted octanol–water partition coefficient (Wildman–Crippen LogP) is 2.75. The van der Waals surface area contributed by atoms with E-state index in [0.717, 1.165) is 22.3 Å². The summed E-state index contributed by atoms with van der Waals surface area (Å²) in [5.74, 6) is -1.44. The molecule has 1 atom stereocenters. The number of nitrogens with one attached hydrogen (secondary N) is 1. The molecule has 0 bridgehead atoms. The minimum Gasteiger partial charge on any atom is -0.480 e. The smallest absolute Gasteiger partial charge is 0.407 e. The van der Waals surface area contributed by atoms with Crippen molar-refractivity contribution < 1.29 is 24.5 Å². The van der Waals surface area contributed by atoms with E-state index >= 15 is 0 Å². The van der Waals surface area contributed by atoms with E-state index in [1.807, 2.05) is 48.5 Å². The fraction of sp³-hybridized carbons (Fsp3) is 0.300. The first-order valence-electron chi connectivity index (χ1n) is 8.35. The van der Waals surface area contributed by atoms with Crippen LogP contribution in [0.25, 0.3) is 11.1 Å². The zero-order chi connectivity index (χ0) is 18.9. The van der Waals surface area contributed by atoms with Gasteiger partial charge < -0.3 is 20.3 Å². The molecule has 1 amide bonds. The Balaban J connectivity index is 1.74. The molecule has 0 fully saturated rings. The topological polar surface area (TPSA) is 95.9 Å². The molecule has 0 radical (unpaired) electrons. The van der Waals surface area contributed by atoms with Crippen molar-refractivity contribution >= 4 is 12.1 Å². The maximum Gasteiger partial charge on any atom is 0.407 e. The Hall–Kier alpha value is -2.86. The van der Waals surface area contributed by atoms with E-state index < -0.39 is 23.7 Å². The molecule has 1 aliphatic rings. The molecular formula is C20H21NO5. The van der Waals surface area contributed by atoms with E-state index in [-0.39, 0.29) is 12.5 Å². The molecule has 136 valence electrons. The number of aliphatic hydroxyl groups is 1. The number of hydrogen-bond acceptors (Lipinski definition) is 4. The summed E-state index contributed by atoms with van der Waals surface area (Å²) in [6.45, 7) is 2.71. The van der Waals surface area contributed by atoms with Crippen LogP contribution in [-0.4, -0.2) is 40.5 Å². The average Bonchev–Trinajstić information content (AvgIpc) is 2.91. The largest absolute Gasteiger partial charge is 0.480 e. The van der Waals surface area contributed by atoms with Crippen molar-refractivity contribution in [3.8, 4) is 11.1 Å². The molecule has 0 aliphatic heterocycles. The summed E-state index contributed by atoms with van der Waals surface area (Å²) in [6.07, 6.45) is -0.874. The van der Waals surface area contributed by atoms with Gasteiger partial charge in [0.05, 0.1) is 5.60 Å². The molecule has 0 unspecified atom stereocenters. The van der Waals surface area contributed by atoms with Gasteiger partial charge in [0.1, 0.15) is 6.61 Å². The van der Waals surface area contributed by atoms with Crippen molar-refractivity contribution in [1.29, 1.82) is 0 Å². The number of amides is 1. The fourth-order valence-corrected chi connectivity index (χ4v) is 3.30. The number of ether oxygens (including phenoxy) is 1. The van der Waals surface area contributed by atoms with Gasteiger partial charge in [0, 0.05) is 5.92 Å². The van der Waals surface area contributed by atoms with E-state index in [9.17, 15) is 14.7 Å². The Morgan fingerprint density at radius 3 is 2.04 bits per heavy atom. The lowest BCUT2D eigenvalue weighted by molar-refractivity contribution is -0.145. The van der Waals surface area contributed by atoms with Gasteiger partial charge >= 0.3 is 12.1 Å². The molecule has 3 rings (SSSR count). The second-order valence-electron chi connectivity index (χ2n) is 6.89. The summed E-state index contributed by atoms with van der Waals surface area (Å²) in [5, 5.41) is 21.3. The maximum atomic E-state index is 12.1. The zero-order valence-electron chi connectivity index (χ0n) is 14.6. The molecular weight excluding hydrogens is 334 g/mol. The van der Waals surface area contributed by atoms with Gasteiger partial charge in [0.15, 0.2) is 6.04 Å². The van der Waals surface area contributed by atoms with Crippen LogP contribution < -0.4 is 5.32 Å².